The lowest BCUT2D eigenvalue weighted by Gasteiger charge is -1.91. The van der Waals surface area contributed by atoms with Crippen molar-refractivity contribution in [1.29, 1.82) is 0 Å². The average molecular weight is 127 g/mol. The predicted octanol–water partition coefficient (Wildman–Crippen LogP) is 2.05. The number of nitrogens with one attached hydrogen (secondary N) is 1. The van der Waals surface area contributed by atoms with Crippen molar-refractivity contribution in [3.8, 4) is 0 Å². The van der Waals surface area contributed by atoms with E-state index in [-0.39, 0.29) is 0 Å². The van der Waals surface area contributed by atoms with Crippen molar-refractivity contribution in [3.05, 3.63) is 30.3 Å². The molecule has 0 aliphatic carbocycles. The molecule has 8 heavy (non-hydrogen) atoms. The van der Waals surface area contributed by atoms with E-state index in [9.17, 15) is 0 Å². The average Bonchev–Trinajstić information content (AvgIpc) is 1.90. The molecule has 2 heteroatoms. The Hall–Kier alpha value is -0.690. The largest absolute Gasteiger partial charge is 0.299 e. The van der Waals surface area contributed by atoms with E-state index in [1.54, 1.807) is 12.1 Å². The van der Waals surface area contributed by atoms with Crippen LogP contribution in [0.2, 0.25) is 0 Å². The second-order valence-electron chi connectivity index (χ2n) is 1.38. The van der Waals surface area contributed by atoms with Gasteiger partial charge in [0.1, 0.15) is 0 Å². The molecule has 0 unspecified atom stereocenters. The van der Waals surface area contributed by atoms with Crippen LogP contribution in [0.4, 0.5) is 5.69 Å². The Morgan fingerprint density at radius 1 is 1.38 bits per heavy atom. The molecule has 0 fully saturated rings. The molecule has 1 rings (SSSR count). The normalized spacial score (nSPS) is 8.62. The van der Waals surface area contributed by atoms with Gasteiger partial charge in [0, 0.05) is 17.5 Å². The molecule has 1 aromatic rings. The minimum absolute atomic E-state index is 0.894. The highest BCUT2D eigenvalue weighted by Crippen LogP contribution is 2.04. The van der Waals surface area contributed by atoms with Gasteiger partial charge in [0.2, 0.25) is 0 Å². The summed E-state index contributed by atoms with van der Waals surface area (Å²) < 4.78 is 0. The minimum Gasteiger partial charge on any atom is -0.299 e. The summed E-state index contributed by atoms with van der Waals surface area (Å²) in [6, 6.07) is 10.1. The first-order valence-electron chi connectivity index (χ1n) is 2.26. The molecule has 0 aliphatic heterocycles. The van der Waals surface area contributed by atoms with E-state index in [0.29, 0.717) is 0 Å². The van der Waals surface area contributed by atoms with E-state index >= 15 is 0 Å². The van der Waals surface area contributed by atoms with E-state index in [1.165, 1.54) is 0 Å². The predicted molar refractivity (Wildman–Crippen MR) is 34.8 cm³/mol. The molecule has 0 spiro atoms. The highest BCUT2D eigenvalue weighted by molar-refractivity contribution is 6.23. The number of rotatable bonds is 1. The lowest BCUT2D eigenvalue weighted by Crippen LogP contribution is -1.75. The summed E-state index contributed by atoms with van der Waals surface area (Å²) in [4.78, 5) is 2.48. The molecule has 0 saturated heterocycles. The maximum absolute atomic E-state index is 5.26. The van der Waals surface area contributed by atoms with Crippen LogP contribution in [0.1, 0.15) is 0 Å². The summed E-state index contributed by atoms with van der Waals surface area (Å²) in [6.45, 7) is 0. The van der Waals surface area contributed by atoms with Gasteiger partial charge in [-0.05, 0) is 18.2 Å². The SMILES string of the molecule is ClNc1cc[c]cc1. The fourth-order valence-corrected chi connectivity index (χ4v) is 0.576. The van der Waals surface area contributed by atoms with Crippen LogP contribution in [-0.2, 0) is 0 Å². The van der Waals surface area contributed by atoms with Crippen LogP contribution in [-0.4, -0.2) is 0 Å². The number of anilines is 1. The third kappa shape index (κ3) is 1.14. The van der Waals surface area contributed by atoms with Crippen LogP contribution in [0.3, 0.4) is 0 Å². The molecule has 1 radical (unpaired) electrons. The molecule has 0 atom stereocenters. The smallest absolute Gasteiger partial charge is 0.0492 e. The molecule has 1 N–H and O–H groups in total. The Morgan fingerprint density at radius 2 is 2.00 bits per heavy atom. The molecule has 0 amide bonds. The first kappa shape index (κ1) is 5.45. The number of benzene rings is 1. The highest BCUT2D eigenvalue weighted by atomic mass is 35.5. The molecule has 0 bridgehead atoms. The van der Waals surface area contributed by atoms with Gasteiger partial charge in [0.15, 0.2) is 0 Å². The number of hydrogen-bond acceptors (Lipinski definition) is 1. The van der Waals surface area contributed by atoms with E-state index in [1.807, 2.05) is 12.1 Å². The highest BCUT2D eigenvalue weighted by Gasteiger charge is 1.80. The van der Waals surface area contributed by atoms with Crippen molar-refractivity contribution in [3.63, 3.8) is 0 Å². The Bertz CT molecular complexity index is 150. The van der Waals surface area contributed by atoms with E-state index in [0.717, 1.165) is 5.69 Å². The van der Waals surface area contributed by atoms with Gasteiger partial charge < -0.3 is 0 Å². The van der Waals surface area contributed by atoms with Crippen molar-refractivity contribution >= 4 is 17.5 Å². The van der Waals surface area contributed by atoms with Gasteiger partial charge in [0.25, 0.3) is 0 Å². The van der Waals surface area contributed by atoms with E-state index < -0.39 is 0 Å². The molecular formula is C6H5ClN. The zero-order valence-electron chi connectivity index (χ0n) is 4.19. The van der Waals surface area contributed by atoms with Crippen molar-refractivity contribution in [1.82, 2.24) is 0 Å². The zero-order valence-corrected chi connectivity index (χ0v) is 4.94. The quantitative estimate of drug-likeness (QED) is 0.568. The van der Waals surface area contributed by atoms with E-state index in [2.05, 4.69) is 10.9 Å². The lowest BCUT2D eigenvalue weighted by molar-refractivity contribution is 1.67. The second kappa shape index (κ2) is 2.58. The van der Waals surface area contributed by atoms with Crippen molar-refractivity contribution < 1.29 is 0 Å². The van der Waals surface area contributed by atoms with Crippen LogP contribution in [0, 0.1) is 6.07 Å². The monoisotopic (exact) mass is 126 g/mol. The molecule has 0 saturated carbocycles. The summed E-state index contributed by atoms with van der Waals surface area (Å²) in [5.41, 5.74) is 0.894. The minimum atomic E-state index is 0.894. The summed E-state index contributed by atoms with van der Waals surface area (Å²) >= 11 is 5.26. The Morgan fingerprint density at radius 3 is 2.38 bits per heavy atom. The summed E-state index contributed by atoms with van der Waals surface area (Å²) in [7, 11) is 0. The molecule has 1 aromatic carbocycles. The van der Waals surface area contributed by atoms with Gasteiger partial charge in [-0.1, -0.05) is 12.1 Å². The van der Waals surface area contributed by atoms with Crippen LogP contribution in [0.15, 0.2) is 24.3 Å². The molecular weight excluding hydrogens is 122 g/mol. The maximum atomic E-state index is 5.26. The van der Waals surface area contributed by atoms with Gasteiger partial charge in [0.05, 0.1) is 0 Å². The van der Waals surface area contributed by atoms with Crippen molar-refractivity contribution in [2.24, 2.45) is 0 Å². The first-order valence-corrected chi connectivity index (χ1v) is 2.64. The summed E-state index contributed by atoms with van der Waals surface area (Å²) in [6.07, 6.45) is 0. The summed E-state index contributed by atoms with van der Waals surface area (Å²) in [5.74, 6) is 0. The van der Waals surface area contributed by atoms with Crippen LogP contribution >= 0.6 is 11.8 Å². The van der Waals surface area contributed by atoms with Gasteiger partial charge in [-0.2, -0.15) is 0 Å². The second-order valence-corrected chi connectivity index (χ2v) is 1.57. The van der Waals surface area contributed by atoms with Gasteiger partial charge in [-0.3, -0.25) is 4.84 Å². The Labute approximate surface area is 53.4 Å². The van der Waals surface area contributed by atoms with Crippen LogP contribution in [0.25, 0.3) is 0 Å². The lowest BCUT2D eigenvalue weighted by atomic mass is 10.3. The Balaban J connectivity index is 2.83. The fourth-order valence-electron chi connectivity index (χ4n) is 0.450. The molecule has 41 valence electrons. The zero-order chi connectivity index (χ0) is 5.82. The van der Waals surface area contributed by atoms with Gasteiger partial charge >= 0.3 is 0 Å². The number of halogens is 1. The van der Waals surface area contributed by atoms with Crippen LogP contribution < -0.4 is 4.84 Å². The standard InChI is InChI=1S/C6H5ClN/c7-8-6-4-2-1-3-5-6/h2-5,8H. The van der Waals surface area contributed by atoms with Gasteiger partial charge in [-0.25, -0.2) is 0 Å². The fraction of sp³-hybridized carbons (Fsp3) is 0. The third-order valence-electron chi connectivity index (χ3n) is 0.827. The number of hydrogen-bond donors (Lipinski definition) is 1. The van der Waals surface area contributed by atoms with Crippen molar-refractivity contribution in [2.45, 2.75) is 0 Å². The Kier molecular flexibility index (Phi) is 1.75. The first-order chi connectivity index (χ1) is 3.93. The molecule has 0 heterocycles. The molecule has 1 nitrogen and oxygen atoms in total. The third-order valence-corrected chi connectivity index (χ3v) is 1.05. The van der Waals surface area contributed by atoms with Crippen molar-refractivity contribution in [2.75, 3.05) is 4.84 Å². The van der Waals surface area contributed by atoms with Gasteiger partial charge in [-0.15, -0.1) is 0 Å². The maximum Gasteiger partial charge on any atom is 0.0492 e. The topological polar surface area (TPSA) is 12.0 Å². The van der Waals surface area contributed by atoms with Crippen LogP contribution in [0.5, 0.6) is 0 Å². The molecule has 0 aromatic heterocycles. The van der Waals surface area contributed by atoms with E-state index in [4.69, 9.17) is 11.8 Å². The molecule has 0 aliphatic rings. The summed E-state index contributed by atoms with van der Waals surface area (Å²) in [5, 5.41) is 0.